The van der Waals surface area contributed by atoms with Gasteiger partial charge in [-0.3, -0.25) is 9.69 Å². The van der Waals surface area contributed by atoms with Gasteiger partial charge in [-0.25, -0.2) is 4.79 Å². The van der Waals surface area contributed by atoms with Crippen LogP contribution in [0, 0.1) is 0 Å². The number of aliphatic carboxylic acids is 1. The van der Waals surface area contributed by atoms with Gasteiger partial charge in [-0.1, -0.05) is 19.1 Å². The van der Waals surface area contributed by atoms with E-state index in [0.29, 0.717) is 12.1 Å². The fourth-order valence-corrected chi connectivity index (χ4v) is 2.03. The van der Waals surface area contributed by atoms with E-state index in [4.69, 9.17) is 5.11 Å². The number of hydrogen-bond acceptors (Lipinski definition) is 3. The molecule has 1 amide bonds. The van der Waals surface area contributed by atoms with Crippen molar-refractivity contribution in [2.75, 3.05) is 16.8 Å². The minimum atomic E-state index is -0.974. The minimum Gasteiger partial charge on any atom is -0.480 e. The van der Waals surface area contributed by atoms with Crippen LogP contribution >= 0.6 is 0 Å². The van der Waals surface area contributed by atoms with Gasteiger partial charge in [0.1, 0.15) is 6.04 Å². The van der Waals surface area contributed by atoms with Gasteiger partial charge in [0.2, 0.25) is 5.91 Å². The van der Waals surface area contributed by atoms with Crippen LogP contribution in [0.4, 0.5) is 11.4 Å². The summed E-state index contributed by atoms with van der Waals surface area (Å²) < 4.78 is 0. The predicted octanol–water partition coefficient (Wildman–Crippen LogP) is 1.31. The van der Waals surface area contributed by atoms with Crippen LogP contribution in [0.2, 0.25) is 0 Å². The molecule has 0 aliphatic carbocycles. The van der Waals surface area contributed by atoms with Gasteiger partial charge >= 0.3 is 5.97 Å². The Labute approximate surface area is 99.0 Å². The van der Waals surface area contributed by atoms with E-state index in [2.05, 4.69) is 5.32 Å². The van der Waals surface area contributed by atoms with Gasteiger partial charge in [-0.05, 0) is 18.6 Å². The van der Waals surface area contributed by atoms with Gasteiger partial charge in [-0.2, -0.15) is 0 Å². The summed E-state index contributed by atoms with van der Waals surface area (Å²) in [6.45, 7) is 1.90. The summed E-state index contributed by atoms with van der Waals surface area (Å²) in [4.78, 5) is 24.4. The molecule has 0 radical (unpaired) electrons. The highest BCUT2D eigenvalue weighted by Gasteiger charge is 2.33. The molecule has 2 N–H and O–H groups in total. The molecule has 1 aromatic rings. The van der Waals surface area contributed by atoms with E-state index in [0.717, 1.165) is 5.69 Å². The Balaban J connectivity index is 2.45. The SMILES string of the molecule is CCC(C(=O)O)N1C(=O)CNc2ccccc21. The average Bonchev–Trinajstić information content (AvgIpc) is 2.32. The highest BCUT2D eigenvalue weighted by molar-refractivity contribution is 6.06. The van der Waals surface area contributed by atoms with E-state index in [1.54, 1.807) is 19.1 Å². The van der Waals surface area contributed by atoms with E-state index in [1.807, 2.05) is 12.1 Å². The number of benzene rings is 1. The third-order valence-electron chi connectivity index (χ3n) is 2.85. The van der Waals surface area contributed by atoms with Crippen molar-refractivity contribution in [2.24, 2.45) is 0 Å². The molecule has 0 aromatic heterocycles. The fourth-order valence-electron chi connectivity index (χ4n) is 2.03. The molecule has 5 nitrogen and oxygen atoms in total. The molecule has 2 rings (SSSR count). The van der Waals surface area contributed by atoms with Gasteiger partial charge in [0.25, 0.3) is 0 Å². The molecule has 1 aromatic carbocycles. The predicted molar refractivity (Wildman–Crippen MR) is 64.1 cm³/mol. The Kier molecular flexibility index (Phi) is 2.99. The molecule has 0 fully saturated rings. The Morgan fingerprint density at radius 1 is 1.53 bits per heavy atom. The highest BCUT2D eigenvalue weighted by Crippen LogP contribution is 2.31. The van der Waals surface area contributed by atoms with Crippen LogP contribution in [0.25, 0.3) is 0 Å². The number of fused-ring (bicyclic) bond motifs is 1. The Morgan fingerprint density at radius 2 is 2.24 bits per heavy atom. The second kappa shape index (κ2) is 4.45. The Bertz CT molecular complexity index is 459. The summed E-state index contributed by atoms with van der Waals surface area (Å²) >= 11 is 0. The van der Waals surface area contributed by atoms with E-state index >= 15 is 0 Å². The summed E-state index contributed by atoms with van der Waals surface area (Å²) in [6, 6.07) is 6.43. The number of anilines is 2. The molecule has 17 heavy (non-hydrogen) atoms. The fraction of sp³-hybridized carbons (Fsp3) is 0.333. The number of nitrogens with one attached hydrogen (secondary N) is 1. The number of amides is 1. The first-order chi connectivity index (χ1) is 8.15. The van der Waals surface area contributed by atoms with Gasteiger partial charge in [0.05, 0.1) is 17.9 Å². The smallest absolute Gasteiger partial charge is 0.326 e. The molecule has 1 atom stereocenters. The average molecular weight is 234 g/mol. The maximum Gasteiger partial charge on any atom is 0.326 e. The summed E-state index contributed by atoms with van der Waals surface area (Å²) in [6.07, 6.45) is 0.384. The third-order valence-corrected chi connectivity index (χ3v) is 2.85. The molecule has 0 bridgehead atoms. The normalized spacial score (nSPS) is 16.1. The molecule has 90 valence electrons. The lowest BCUT2D eigenvalue weighted by Crippen LogP contribution is -2.49. The number of rotatable bonds is 3. The molecule has 1 unspecified atom stereocenters. The van der Waals surface area contributed by atoms with Gasteiger partial charge in [0.15, 0.2) is 0 Å². The van der Waals surface area contributed by atoms with Gasteiger partial charge in [-0.15, -0.1) is 0 Å². The zero-order valence-corrected chi connectivity index (χ0v) is 9.51. The Hall–Kier alpha value is -2.04. The minimum absolute atomic E-state index is 0.140. The molecule has 0 saturated heterocycles. The summed E-state index contributed by atoms with van der Waals surface area (Å²) in [7, 11) is 0. The van der Waals surface area contributed by atoms with E-state index in [1.165, 1.54) is 4.90 Å². The van der Waals surface area contributed by atoms with Crippen LogP contribution in [0.15, 0.2) is 24.3 Å². The van der Waals surface area contributed by atoms with Crippen LogP contribution in [0.1, 0.15) is 13.3 Å². The zero-order valence-electron chi connectivity index (χ0n) is 9.51. The third kappa shape index (κ3) is 1.95. The number of carboxylic acid groups (broad SMARTS) is 1. The Morgan fingerprint density at radius 3 is 2.88 bits per heavy atom. The van der Waals surface area contributed by atoms with Crippen molar-refractivity contribution in [3.05, 3.63) is 24.3 Å². The van der Waals surface area contributed by atoms with Gasteiger partial charge in [0, 0.05) is 0 Å². The summed E-state index contributed by atoms with van der Waals surface area (Å²) in [5, 5.41) is 12.1. The van der Waals surface area contributed by atoms with E-state index < -0.39 is 12.0 Å². The van der Waals surface area contributed by atoms with Crippen molar-refractivity contribution >= 4 is 23.3 Å². The maximum atomic E-state index is 11.9. The first-order valence-electron chi connectivity index (χ1n) is 5.53. The number of nitrogens with zero attached hydrogens (tertiary/aromatic N) is 1. The first kappa shape index (κ1) is 11.4. The quantitative estimate of drug-likeness (QED) is 0.827. The van der Waals surface area contributed by atoms with Crippen LogP contribution in [-0.4, -0.2) is 29.6 Å². The number of carboxylic acids is 1. The van der Waals surface area contributed by atoms with Crippen LogP contribution in [0.5, 0.6) is 0 Å². The summed E-state index contributed by atoms with van der Waals surface area (Å²) in [5.41, 5.74) is 1.44. The number of carbonyl (C=O) groups excluding carboxylic acids is 1. The van der Waals surface area contributed by atoms with E-state index in [9.17, 15) is 9.59 Å². The summed E-state index contributed by atoms with van der Waals surface area (Å²) in [5.74, 6) is -1.18. The number of para-hydroxylation sites is 2. The van der Waals surface area contributed by atoms with Crippen LogP contribution in [-0.2, 0) is 9.59 Å². The standard InChI is InChI=1S/C12H14N2O3/c1-2-9(12(16)17)14-10-6-4-3-5-8(10)13-7-11(14)15/h3-6,9,13H,2,7H2,1H3,(H,16,17). The molecular weight excluding hydrogens is 220 g/mol. The largest absolute Gasteiger partial charge is 0.480 e. The number of hydrogen-bond donors (Lipinski definition) is 2. The van der Waals surface area contributed by atoms with Crippen LogP contribution in [0.3, 0.4) is 0 Å². The molecule has 5 heteroatoms. The zero-order chi connectivity index (χ0) is 12.4. The van der Waals surface area contributed by atoms with Crippen LogP contribution < -0.4 is 10.2 Å². The molecule has 1 heterocycles. The van der Waals surface area contributed by atoms with Crippen molar-refractivity contribution in [2.45, 2.75) is 19.4 Å². The van der Waals surface area contributed by atoms with Gasteiger partial charge < -0.3 is 10.4 Å². The van der Waals surface area contributed by atoms with Crippen molar-refractivity contribution in [1.82, 2.24) is 0 Å². The van der Waals surface area contributed by atoms with Crippen molar-refractivity contribution in [3.8, 4) is 0 Å². The second-order valence-corrected chi connectivity index (χ2v) is 3.90. The van der Waals surface area contributed by atoms with E-state index in [-0.39, 0.29) is 12.5 Å². The molecule has 0 saturated carbocycles. The maximum absolute atomic E-state index is 11.9. The van der Waals surface area contributed by atoms with Crippen molar-refractivity contribution in [1.29, 1.82) is 0 Å². The van der Waals surface area contributed by atoms with Crippen molar-refractivity contribution < 1.29 is 14.7 Å². The number of carbonyl (C=O) groups is 2. The topological polar surface area (TPSA) is 69.6 Å². The monoisotopic (exact) mass is 234 g/mol. The first-order valence-corrected chi connectivity index (χ1v) is 5.53. The highest BCUT2D eigenvalue weighted by atomic mass is 16.4. The molecule has 1 aliphatic rings. The molecular formula is C12H14N2O3. The van der Waals surface area contributed by atoms with Crippen molar-refractivity contribution in [3.63, 3.8) is 0 Å². The lowest BCUT2D eigenvalue weighted by atomic mass is 10.1. The lowest BCUT2D eigenvalue weighted by molar-refractivity contribution is -0.140. The molecule has 0 spiro atoms. The second-order valence-electron chi connectivity index (χ2n) is 3.90. The lowest BCUT2D eigenvalue weighted by Gasteiger charge is -2.33. The molecule has 1 aliphatic heterocycles.